The topological polar surface area (TPSA) is 26.0 Å². The van der Waals surface area contributed by atoms with Crippen LogP contribution in [0.3, 0.4) is 0 Å². The Bertz CT molecular complexity index is 910. The Morgan fingerprint density at radius 2 is 1.46 bits per heavy atom. The minimum atomic E-state index is 0.136. The molecule has 0 fully saturated rings. The van der Waals surface area contributed by atoms with Crippen LogP contribution in [0.2, 0.25) is 0 Å². The van der Waals surface area contributed by atoms with Crippen molar-refractivity contribution in [1.29, 1.82) is 0 Å². The highest BCUT2D eigenvalue weighted by atomic mass is 14.6. The van der Waals surface area contributed by atoms with Gasteiger partial charge < -0.3 is 5.73 Å². The summed E-state index contributed by atoms with van der Waals surface area (Å²) in [6.45, 7) is 20.6. The fourth-order valence-corrected chi connectivity index (χ4v) is 4.81. The standard InChI is InChI=1S/C23H31N/c1-11-14(4)20-16(6)21-18(10-19(20)22(24)15(11)5)13(3)12(2)17(7)23(21,8)9/h10,17H,24H2,1-9H3. The number of fused-ring (bicyclic) bond motifs is 2. The molecule has 1 aliphatic carbocycles. The third-order valence-electron chi connectivity index (χ3n) is 7.14. The second-order valence-electron chi connectivity index (χ2n) is 8.39. The first-order valence-electron chi connectivity index (χ1n) is 9.02. The zero-order valence-electron chi connectivity index (χ0n) is 16.7. The number of allylic oxidation sites excluding steroid dienone is 2. The van der Waals surface area contributed by atoms with Crippen LogP contribution in [0.15, 0.2) is 11.6 Å². The zero-order valence-corrected chi connectivity index (χ0v) is 16.7. The van der Waals surface area contributed by atoms with Crippen LogP contribution in [0.4, 0.5) is 5.69 Å². The van der Waals surface area contributed by atoms with E-state index in [0.29, 0.717) is 5.92 Å². The third-order valence-corrected chi connectivity index (χ3v) is 7.14. The molecule has 1 nitrogen and oxygen atoms in total. The van der Waals surface area contributed by atoms with E-state index in [2.05, 4.69) is 68.4 Å². The lowest BCUT2D eigenvalue weighted by molar-refractivity contribution is 0.384. The molecule has 1 unspecified atom stereocenters. The molecule has 2 aromatic rings. The van der Waals surface area contributed by atoms with Crippen molar-refractivity contribution in [3.8, 4) is 0 Å². The predicted molar refractivity (Wildman–Crippen MR) is 108 cm³/mol. The number of benzene rings is 2. The molecule has 0 saturated heterocycles. The van der Waals surface area contributed by atoms with Crippen LogP contribution in [0.25, 0.3) is 16.3 Å². The Hall–Kier alpha value is -1.76. The van der Waals surface area contributed by atoms with Gasteiger partial charge in [0.25, 0.3) is 0 Å². The molecular weight excluding hydrogens is 290 g/mol. The van der Waals surface area contributed by atoms with Crippen LogP contribution in [-0.2, 0) is 5.41 Å². The van der Waals surface area contributed by atoms with E-state index in [1.165, 1.54) is 55.3 Å². The van der Waals surface area contributed by atoms with E-state index in [-0.39, 0.29) is 5.41 Å². The van der Waals surface area contributed by atoms with Crippen LogP contribution in [-0.4, -0.2) is 0 Å². The molecule has 1 atom stereocenters. The van der Waals surface area contributed by atoms with E-state index < -0.39 is 0 Å². The van der Waals surface area contributed by atoms with Gasteiger partial charge in [-0.05, 0) is 103 Å². The first kappa shape index (κ1) is 17.1. The maximum atomic E-state index is 6.55. The number of hydrogen-bond donors (Lipinski definition) is 1. The highest BCUT2D eigenvalue weighted by molar-refractivity contribution is 6.03. The van der Waals surface area contributed by atoms with E-state index in [1.807, 2.05) is 0 Å². The van der Waals surface area contributed by atoms with Gasteiger partial charge in [0.15, 0.2) is 0 Å². The van der Waals surface area contributed by atoms with Gasteiger partial charge >= 0.3 is 0 Å². The summed E-state index contributed by atoms with van der Waals surface area (Å²) in [6, 6.07) is 2.36. The fourth-order valence-electron chi connectivity index (χ4n) is 4.81. The lowest BCUT2D eigenvalue weighted by Gasteiger charge is -2.42. The minimum absolute atomic E-state index is 0.136. The Morgan fingerprint density at radius 3 is 2.04 bits per heavy atom. The molecule has 0 spiro atoms. The minimum Gasteiger partial charge on any atom is -0.398 e. The molecule has 128 valence electrons. The molecule has 0 heterocycles. The second kappa shape index (κ2) is 5.12. The first-order chi connectivity index (χ1) is 11.0. The molecule has 24 heavy (non-hydrogen) atoms. The van der Waals surface area contributed by atoms with Crippen LogP contribution in [0.1, 0.15) is 68.0 Å². The number of anilines is 1. The van der Waals surface area contributed by atoms with Crippen molar-refractivity contribution in [2.75, 3.05) is 5.73 Å². The van der Waals surface area contributed by atoms with Gasteiger partial charge in [0.1, 0.15) is 0 Å². The maximum Gasteiger partial charge on any atom is 0.0426 e. The summed E-state index contributed by atoms with van der Waals surface area (Å²) in [4.78, 5) is 0. The largest absolute Gasteiger partial charge is 0.398 e. The van der Waals surface area contributed by atoms with E-state index in [9.17, 15) is 0 Å². The van der Waals surface area contributed by atoms with Gasteiger partial charge in [0.05, 0.1) is 0 Å². The van der Waals surface area contributed by atoms with E-state index in [0.717, 1.165) is 5.69 Å². The Balaban J connectivity index is 2.60. The zero-order chi connectivity index (χ0) is 18.1. The van der Waals surface area contributed by atoms with Crippen molar-refractivity contribution in [2.24, 2.45) is 5.92 Å². The van der Waals surface area contributed by atoms with Gasteiger partial charge in [-0.1, -0.05) is 26.3 Å². The van der Waals surface area contributed by atoms with Crippen LogP contribution >= 0.6 is 0 Å². The Labute approximate surface area is 147 Å². The van der Waals surface area contributed by atoms with Gasteiger partial charge in [0.2, 0.25) is 0 Å². The number of rotatable bonds is 0. The van der Waals surface area contributed by atoms with Crippen LogP contribution in [0, 0.1) is 33.6 Å². The summed E-state index contributed by atoms with van der Waals surface area (Å²) < 4.78 is 0. The van der Waals surface area contributed by atoms with E-state index in [4.69, 9.17) is 5.73 Å². The van der Waals surface area contributed by atoms with Gasteiger partial charge in [-0.25, -0.2) is 0 Å². The molecule has 3 rings (SSSR count). The lowest BCUT2D eigenvalue weighted by atomic mass is 9.62. The molecule has 0 aliphatic heterocycles. The summed E-state index contributed by atoms with van der Waals surface area (Å²) in [7, 11) is 0. The molecular formula is C23H31N. The molecule has 2 N–H and O–H groups in total. The smallest absolute Gasteiger partial charge is 0.0426 e. The SMILES string of the molecule is CC1=C(C)C(C)C(C)(C)c2c1cc1c(N)c(C)c(C)c(C)c1c2C. The van der Waals surface area contributed by atoms with Gasteiger partial charge in [0, 0.05) is 11.1 Å². The van der Waals surface area contributed by atoms with Crippen LogP contribution < -0.4 is 5.73 Å². The molecule has 0 bridgehead atoms. The van der Waals surface area contributed by atoms with Crippen molar-refractivity contribution in [2.45, 2.75) is 67.7 Å². The lowest BCUT2D eigenvalue weighted by Crippen LogP contribution is -2.33. The fraction of sp³-hybridized carbons (Fsp3) is 0.478. The van der Waals surface area contributed by atoms with Gasteiger partial charge in [-0.3, -0.25) is 0 Å². The summed E-state index contributed by atoms with van der Waals surface area (Å²) in [5.41, 5.74) is 18.8. The molecule has 0 amide bonds. The molecule has 1 aliphatic rings. The molecule has 0 radical (unpaired) electrons. The average molecular weight is 322 g/mol. The quantitative estimate of drug-likeness (QED) is 0.560. The predicted octanol–water partition coefficient (Wildman–Crippen LogP) is 6.38. The summed E-state index contributed by atoms with van der Waals surface area (Å²) in [6.07, 6.45) is 0. The van der Waals surface area contributed by atoms with Crippen LogP contribution in [0.5, 0.6) is 0 Å². The average Bonchev–Trinajstić information content (AvgIpc) is 2.53. The summed E-state index contributed by atoms with van der Waals surface area (Å²) in [5, 5.41) is 2.59. The molecule has 1 heteroatoms. The van der Waals surface area contributed by atoms with Crippen molar-refractivity contribution >= 4 is 22.0 Å². The van der Waals surface area contributed by atoms with Crippen molar-refractivity contribution in [3.63, 3.8) is 0 Å². The highest BCUT2D eigenvalue weighted by Crippen LogP contribution is 2.50. The normalized spacial score (nSPS) is 19.8. The van der Waals surface area contributed by atoms with Crippen molar-refractivity contribution in [3.05, 3.63) is 45.0 Å². The summed E-state index contributed by atoms with van der Waals surface area (Å²) >= 11 is 0. The number of hydrogen-bond acceptors (Lipinski definition) is 1. The Morgan fingerprint density at radius 1 is 0.875 bits per heavy atom. The van der Waals surface area contributed by atoms with Crippen molar-refractivity contribution < 1.29 is 0 Å². The van der Waals surface area contributed by atoms with E-state index >= 15 is 0 Å². The number of nitrogen functional groups attached to an aromatic ring is 1. The molecule has 0 aromatic heterocycles. The van der Waals surface area contributed by atoms with E-state index in [1.54, 1.807) is 0 Å². The Kier molecular flexibility index (Phi) is 3.64. The molecule has 0 saturated carbocycles. The second-order valence-corrected chi connectivity index (χ2v) is 8.39. The summed E-state index contributed by atoms with van der Waals surface area (Å²) in [5.74, 6) is 0.547. The number of aryl methyl sites for hydroxylation is 2. The van der Waals surface area contributed by atoms with Gasteiger partial charge in [-0.2, -0.15) is 0 Å². The highest BCUT2D eigenvalue weighted by Gasteiger charge is 2.38. The van der Waals surface area contributed by atoms with Crippen molar-refractivity contribution in [1.82, 2.24) is 0 Å². The third kappa shape index (κ3) is 1.93. The monoisotopic (exact) mass is 321 g/mol. The maximum absolute atomic E-state index is 6.55. The number of nitrogens with two attached hydrogens (primary N) is 1. The van der Waals surface area contributed by atoms with Gasteiger partial charge in [-0.15, -0.1) is 0 Å². The first-order valence-corrected chi connectivity index (χ1v) is 9.02. The molecule has 2 aromatic carbocycles.